The molecule has 20 heavy (non-hydrogen) atoms. The number of hydrogen-bond acceptors (Lipinski definition) is 3. The zero-order valence-corrected chi connectivity index (χ0v) is 11.0. The van der Waals surface area contributed by atoms with E-state index in [-0.39, 0.29) is 24.8 Å². The fourth-order valence-corrected chi connectivity index (χ4v) is 1.78. The predicted molar refractivity (Wildman–Crippen MR) is 75.4 cm³/mol. The van der Waals surface area contributed by atoms with Gasteiger partial charge in [-0.05, 0) is 30.2 Å². The number of hydrogen-bond donors (Lipinski definition) is 1. The van der Waals surface area contributed by atoms with E-state index in [1.54, 1.807) is 30.3 Å². The third-order valence-corrected chi connectivity index (χ3v) is 2.94. The van der Waals surface area contributed by atoms with Crippen molar-refractivity contribution in [3.8, 4) is 0 Å². The molecule has 0 radical (unpaired) electrons. The highest BCUT2D eigenvalue weighted by Gasteiger charge is 2.06. The first kappa shape index (κ1) is 14.1. The van der Waals surface area contributed by atoms with Crippen molar-refractivity contribution in [2.75, 3.05) is 5.73 Å². The van der Waals surface area contributed by atoms with Gasteiger partial charge in [0.25, 0.3) is 0 Å². The molecular weight excluding hydrogens is 257 g/mol. The van der Waals surface area contributed by atoms with Gasteiger partial charge in [-0.25, -0.2) is 4.39 Å². The van der Waals surface area contributed by atoms with Gasteiger partial charge < -0.3 is 10.5 Å². The molecule has 0 spiro atoms. The van der Waals surface area contributed by atoms with Crippen LogP contribution < -0.4 is 5.73 Å². The molecule has 0 fully saturated rings. The lowest BCUT2D eigenvalue weighted by Crippen LogP contribution is -2.06. The lowest BCUT2D eigenvalue weighted by atomic mass is 10.1. The number of nitrogens with two attached hydrogens (primary N) is 1. The number of esters is 1. The molecule has 0 atom stereocenters. The lowest BCUT2D eigenvalue weighted by molar-refractivity contribution is -0.144. The largest absolute Gasteiger partial charge is 0.461 e. The van der Waals surface area contributed by atoms with Crippen LogP contribution in [0.4, 0.5) is 10.1 Å². The van der Waals surface area contributed by atoms with Gasteiger partial charge in [0.15, 0.2) is 0 Å². The maximum atomic E-state index is 13.3. The van der Waals surface area contributed by atoms with E-state index < -0.39 is 0 Å². The number of benzene rings is 2. The van der Waals surface area contributed by atoms with Crippen LogP contribution in [0.25, 0.3) is 0 Å². The monoisotopic (exact) mass is 273 g/mol. The minimum Gasteiger partial charge on any atom is -0.461 e. The molecule has 2 aromatic carbocycles. The Morgan fingerprint density at radius 2 is 1.80 bits per heavy atom. The number of anilines is 1. The third-order valence-electron chi connectivity index (χ3n) is 2.94. The van der Waals surface area contributed by atoms with Crippen molar-refractivity contribution in [1.29, 1.82) is 0 Å². The summed E-state index contributed by atoms with van der Waals surface area (Å²) < 4.78 is 18.4. The van der Waals surface area contributed by atoms with Gasteiger partial charge in [-0.2, -0.15) is 0 Å². The number of aryl methyl sites for hydroxylation is 1. The Labute approximate surface area is 117 Å². The Hall–Kier alpha value is -2.36. The van der Waals surface area contributed by atoms with Crippen molar-refractivity contribution < 1.29 is 13.9 Å². The molecule has 2 rings (SSSR count). The molecule has 4 heteroatoms. The molecule has 3 nitrogen and oxygen atoms in total. The predicted octanol–water partition coefficient (Wildman–Crippen LogP) is 3.08. The van der Waals surface area contributed by atoms with Crippen molar-refractivity contribution >= 4 is 11.7 Å². The number of carbonyl (C=O) groups is 1. The number of ether oxygens (including phenoxy) is 1. The van der Waals surface area contributed by atoms with Gasteiger partial charge in [0.05, 0.1) is 0 Å². The van der Waals surface area contributed by atoms with Crippen molar-refractivity contribution in [3.63, 3.8) is 0 Å². The van der Waals surface area contributed by atoms with Gasteiger partial charge in [-0.1, -0.05) is 30.3 Å². The average Bonchev–Trinajstić information content (AvgIpc) is 2.46. The minimum atomic E-state index is -0.362. The second-order valence-corrected chi connectivity index (χ2v) is 4.49. The van der Waals surface area contributed by atoms with E-state index >= 15 is 0 Å². The number of rotatable bonds is 5. The minimum absolute atomic E-state index is 0.0345. The smallest absolute Gasteiger partial charge is 0.306 e. The zero-order chi connectivity index (χ0) is 14.4. The first-order valence-electron chi connectivity index (χ1n) is 6.38. The molecule has 0 amide bonds. The quantitative estimate of drug-likeness (QED) is 0.672. The average molecular weight is 273 g/mol. The van der Waals surface area contributed by atoms with Crippen LogP contribution in [0.5, 0.6) is 0 Å². The first-order valence-corrected chi connectivity index (χ1v) is 6.38. The van der Waals surface area contributed by atoms with E-state index in [1.807, 2.05) is 12.1 Å². The van der Waals surface area contributed by atoms with Crippen LogP contribution >= 0.6 is 0 Å². The zero-order valence-electron chi connectivity index (χ0n) is 11.0. The summed E-state index contributed by atoms with van der Waals surface area (Å²) >= 11 is 0. The van der Waals surface area contributed by atoms with Crippen LogP contribution in [0, 0.1) is 5.82 Å². The SMILES string of the molecule is Nc1ccc(CCC(=O)OCc2ccccc2F)cc1. The van der Waals surface area contributed by atoms with Gasteiger partial charge >= 0.3 is 5.97 Å². The van der Waals surface area contributed by atoms with Crippen molar-refractivity contribution in [1.82, 2.24) is 0 Å². The van der Waals surface area contributed by atoms with E-state index in [0.29, 0.717) is 17.7 Å². The van der Waals surface area contributed by atoms with E-state index in [0.717, 1.165) is 5.56 Å². The van der Waals surface area contributed by atoms with E-state index in [4.69, 9.17) is 10.5 Å². The Morgan fingerprint density at radius 3 is 2.50 bits per heavy atom. The third kappa shape index (κ3) is 4.09. The second kappa shape index (κ2) is 6.70. The Morgan fingerprint density at radius 1 is 1.10 bits per heavy atom. The van der Waals surface area contributed by atoms with Crippen LogP contribution in [0.3, 0.4) is 0 Å². The first-order chi connectivity index (χ1) is 9.65. The molecule has 0 aromatic heterocycles. The normalized spacial score (nSPS) is 10.2. The van der Waals surface area contributed by atoms with Crippen LogP contribution in [0.1, 0.15) is 17.5 Å². The standard InChI is InChI=1S/C16H16FNO2/c17-15-4-2-1-3-13(15)11-20-16(19)10-7-12-5-8-14(18)9-6-12/h1-6,8-9H,7,10-11,18H2. The fourth-order valence-electron chi connectivity index (χ4n) is 1.78. The van der Waals surface area contributed by atoms with Crippen LogP contribution in [-0.2, 0) is 22.6 Å². The van der Waals surface area contributed by atoms with E-state index in [9.17, 15) is 9.18 Å². The molecule has 0 aliphatic carbocycles. The molecule has 0 bridgehead atoms. The topological polar surface area (TPSA) is 52.3 Å². The number of nitrogen functional groups attached to an aromatic ring is 1. The van der Waals surface area contributed by atoms with Gasteiger partial charge in [-0.3, -0.25) is 4.79 Å². The number of halogens is 1. The molecule has 0 aliphatic heterocycles. The molecule has 0 unspecified atom stereocenters. The van der Waals surface area contributed by atoms with Crippen molar-refractivity contribution in [2.45, 2.75) is 19.4 Å². The molecule has 104 valence electrons. The Balaban J connectivity index is 1.78. The molecule has 2 aromatic rings. The van der Waals surface area contributed by atoms with Crippen LogP contribution in [-0.4, -0.2) is 5.97 Å². The maximum Gasteiger partial charge on any atom is 0.306 e. The van der Waals surface area contributed by atoms with Gasteiger partial charge in [-0.15, -0.1) is 0 Å². The molecule has 0 heterocycles. The van der Waals surface area contributed by atoms with Gasteiger partial charge in [0, 0.05) is 17.7 Å². The van der Waals surface area contributed by atoms with E-state index in [1.165, 1.54) is 6.07 Å². The summed E-state index contributed by atoms with van der Waals surface area (Å²) in [5, 5.41) is 0. The van der Waals surface area contributed by atoms with Gasteiger partial charge in [0.1, 0.15) is 12.4 Å². The summed E-state index contributed by atoms with van der Waals surface area (Å²) in [7, 11) is 0. The van der Waals surface area contributed by atoms with Gasteiger partial charge in [0.2, 0.25) is 0 Å². The Bertz CT molecular complexity index is 581. The highest BCUT2D eigenvalue weighted by Crippen LogP contribution is 2.10. The Kier molecular flexibility index (Phi) is 4.71. The highest BCUT2D eigenvalue weighted by atomic mass is 19.1. The number of carbonyl (C=O) groups excluding carboxylic acids is 1. The summed E-state index contributed by atoms with van der Waals surface area (Å²) in [5.41, 5.74) is 7.67. The van der Waals surface area contributed by atoms with Crippen molar-refractivity contribution in [3.05, 3.63) is 65.5 Å². The molecule has 2 N–H and O–H groups in total. The molecule has 0 saturated heterocycles. The highest BCUT2D eigenvalue weighted by molar-refractivity contribution is 5.69. The van der Waals surface area contributed by atoms with E-state index in [2.05, 4.69) is 0 Å². The van der Waals surface area contributed by atoms with Crippen LogP contribution in [0.15, 0.2) is 48.5 Å². The summed E-state index contributed by atoms with van der Waals surface area (Å²) in [5.74, 6) is -0.705. The lowest BCUT2D eigenvalue weighted by Gasteiger charge is -2.06. The van der Waals surface area contributed by atoms with Crippen molar-refractivity contribution in [2.24, 2.45) is 0 Å². The van der Waals surface area contributed by atoms with Crippen LogP contribution in [0.2, 0.25) is 0 Å². The fraction of sp³-hybridized carbons (Fsp3) is 0.188. The second-order valence-electron chi connectivity index (χ2n) is 4.49. The molecule has 0 saturated carbocycles. The molecule has 0 aliphatic rings. The molecular formula is C16H16FNO2. The summed E-state index contributed by atoms with van der Waals surface area (Å²) in [6.45, 7) is -0.0345. The summed E-state index contributed by atoms with van der Waals surface area (Å²) in [4.78, 5) is 11.6. The maximum absolute atomic E-state index is 13.3. The summed E-state index contributed by atoms with van der Waals surface area (Å²) in [6, 6.07) is 13.6. The summed E-state index contributed by atoms with van der Waals surface area (Å²) in [6.07, 6.45) is 0.842.